The van der Waals surface area contributed by atoms with E-state index in [1.54, 1.807) is 12.1 Å². The summed E-state index contributed by atoms with van der Waals surface area (Å²) < 4.78 is 33.3. The third-order valence-corrected chi connectivity index (χ3v) is 5.37. The van der Waals surface area contributed by atoms with Crippen molar-refractivity contribution in [3.8, 4) is 5.75 Å². The molecule has 132 valence electrons. The molecule has 0 atom stereocenters. The first kappa shape index (κ1) is 17.6. The molecule has 0 aliphatic carbocycles. The summed E-state index contributed by atoms with van der Waals surface area (Å²) in [6, 6.07) is 9.88. The average Bonchev–Trinajstić information content (AvgIpc) is 2.53. The Kier molecular flexibility index (Phi) is 4.62. The van der Waals surface area contributed by atoms with Crippen molar-refractivity contribution >= 4 is 38.9 Å². The fourth-order valence-electron chi connectivity index (χ4n) is 2.48. The first-order valence-electron chi connectivity index (χ1n) is 7.65. The van der Waals surface area contributed by atoms with Crippen LogP contribution in [0.25, 0.3) is 0 Å². The summed E-state index contributed by atoms with van der Waals surface area (Å²) >= 11 is 6.00. The summed E-state index contributed by atoms with van der Waals surface area (Å²) in [7, 11) is -3.94. The lowest BCUT2D eigenvalue weighted by atomic mass is 10.0. The van der Waals surface area contributed by atoms with Gasteiger partial charge in [-0.3, -0.25) is 9.52 Å². The molecule has 1 heterocycles. The lowest BCUT2D eigenvalue weighted by Gasteiger charge is -2.21. The van der Waals surface area contributed by atoms with Crippen LogP contribution >= 0.6 is 11.6 Å². The zero-order valence-corrected chi connectivity index (χ0v) is 15.2. The number of halogens is 1. The molecule has 0 unspecified atom stereocenters. The van der Waals surface area contributed by atoms with Crippen LogP contribution in [0, 0.1) is 0 Å². The number of hydrogen-bond donors (Lipinski definition) is 2. The van der Waals surface area contributed by atoms with E-state index < -0.39 is 10.0 Å². The molecule has 6 nitrogen and oxygen atoms in total. The first-order chi connectivity index (χ1) is 11.8. The van der Waals surface area contributed by atoms with Gasteiger partial charge in [0.25, 0.3) is 15.9 Å². The Labute approximate surface area is 151 Å². The molecule has 3 rings (SSSR count). The molecule has 0 aromatic heterocycles. The molecule has 25 heavy (non-hydrogen) atoms. The molecule has 0 radical (unpaired) electrons. The third-order valence-electron chi connectivity index (χ3n) is 3.76. The molecule has 0 saturated carbocycles. The van der Waals surface area contributed by atoms with Crippen molar-refractivity contribution in [1.82, 2.24) is 0 Å². The number of amides is 1. The highest BCUT2D eigenvalue weighted by Crippen LogP contribution is 2.38. The number of rotatable bonds is 4. The first-order valence-corrected chi connectivity index (χ1v) is 9.51. The molecule has 2 aromatic carbocycles. The van der Waals surface area contributed by atoms with Crippen LogP contribution in [0.2, 0.25) is 5.02 Å². The quantitative estimate of drug-likeness (QED) is 0.848. The summed E-state index contributed by atoms with van der Waals surface area (Å²) in [5.74, 6) is 0.0632. The van der Waals surface area contributed by atoms with Crippen molar-refractivity contribution < 1.29 is 17.9 Å². The van der Waals surface area contributed by atoms with Crippen LogP contribution in [0.3, 0.4) is 0 Å². The zero-order chi connectivity index (χ0) is 18.2. The number of anilines is 2. The van der Waals surface area contributed by atoms with E-state index in [0.29, 0.717) is 11.6 Å². The van der Waals surface area contributed by atoms with Gasteiger partial charge in [-0.15, -0.1) is 0 Å². The second kappa shape index (κ2) is 6.57. The minimum absolute atomic E-state index is 0.0790. The molecule has 0 fully saturated rings. The standard InChI is InChI=1S/C17H17ClN2O4S/c1-10(2)11-3-5-13(6-4-11)20-25(22,23)15-8-12(18)7-14-17(15)24-9-16(21)19-14/h3-8,10,20H,9H2,1-2H3,(H,19,21). The highest BCUT2D eigenvalue weighted by molar-refractivity contribution is 7.92. The Bertz CT molecular complexity index is 924. The largest absolute Gasteiger partial charge is 0.480 e. The Morgan fingerprint density at radius 1 is 1.20 bits per heavy atom. The number of ether oxygens (including phenoxy) is 1. The Morgan fingerprint density at radius 3 is 2.52 bits per heavy atom. The summed E-state index contributed by atoms with van der Waals surface area (Å²) in [6.45, 7) is 3.87. The Hall–Kier alpha value is -2.25. The van der Waals surface area contributed by atoms with Gasteiger partial charge >= 0.3 is 0 Å². The van der Waals surface area contributed by atoms with E-state index in [0.717, 1.165) is 5.56 Å². The van der Waals surface area contributed by atoms with Gasteiger partial charge in [0, 0.05) is 10.7 Å². The van der Waals surface area contributed by atoms with Gasteiger partial charge in [-0.2, -0.15) is 0 Å². The predicted molar refractivity (Wildman–Crippen MR) is 96.9 cm³/mol. The van der Waals surface area contributed by atoms with Gasteiger partial charge in [-0.1, -0.05) is 37.6 Å². The second-order valence-electron chi connectivity index (χ2n) is 6.00. The normalized spacial score (nSPS) is 13.8. The number of sulfonamides is 1. The van der Waals surface area contributed by atoms with Gasteiger partial charge in [0.05, 0.1) is 5.69 Å². The van der Waals surface area contributed by atoms with E-state index >= 15 is 0 Å². The van der Waals surface area contributed by atoms with Gasteiger partial charge < -0.3 is 10.1 Å². The highest BCUT2D eigenvalue weighted by atomic mass is 35.5. The molecule has 2 N–H and O–H groups in total. The molecule has 0 bridgehead atoms. The molecule has 8 heteroatoms. The van der Waals surface area contributed by atoms with Crippen LogP contribution in [0.4, 0.5) is 11.4 Å². The molecule has 1 aliphatic heterocycles. The van der Waals surface area contributed by atoms with E-state index in [-0.39, 0.29) is 33.9 Å². The topological polar surface area (TPSA) is 84.5 Å². The Morgan fingerprint density at radius 2 is 1.88 bits per heavy atom. The van der Waals surface area contributed by atoms with Crippen LogP contribution in [-0.2, 0) is 14.8 Å². The van der Waals surface area contributed by atoms with Crippen molar-refractivity contribution in [2.24, 2.45) is 0 Å². The average molecular weight is 381 g/mol. The van der Waals surface area contributed by atoms with Crippen LogP contribution < -0.4 is 14.8 Å². The van der Waals surface area contributed by atoms with E-state index in [1.807, 2.05) is 12.1 Å². The van der Waals surface area contributed by atoms with Crippen LogP contribution in [0.1, 0.15) is 25.3 Å². The van der Waals surface area contributed by atoms with Crippen molar-refractivity contribution in [2.75, 3.05) is 16.6 Å². The van der Waals surface area contributed by atoms with E-state index in [4.69, 9.17) is 16.3 Å². The van der Waals surface area contributed by atoms with Gasteiger partial charge in [0.2, 0.25) is 0 Å². The number of benzene rings is 2. The third kappa shape index (κ3) is 3.72. The van der Waals surface area contributed by atoms with E-state index in [9.17, 15) is 13.2 Å². The smallest absolute Gasteiger partial charge is 0.265 e. The minimum Gasteiger partial charge on any atom is -0.480 e. The van der Waals surface area contributed by atoms with Crippen molar-refractivity contribution in [3.05, 3.63) is 47.0 Å². The van der Waals surface area contributed by atoms with Gasteiger partial charge in [0.15, 0.2) is 12.4 Å². The van der Waals surface area contributed by atoms with Gasteiger partial charge in [-0.05, 0) is 35.7 Å². The van der Waals surface area contributed by atoms with Gasteiger partial charge in [-0.25, -0.2) is 8.42 Å². The number of carbonyl (C=O) groups excluding carboxylic acids is 1. The number of carbonyl (C=O) groups is 1. The van der Waals surface area contributed by atoms with Crippen molar-refractivity contribution in [3.63, 3.8) is 0 Å². The van der Waals surface area contributed by atoms with Crippen molar-refractivity contribution in [2.45, 2.75) is 24.7 Å². The molecule has 0 saturated heterocycles. The number of hydrogen-bond acceptors (Lipinski definition) is 4. The van der Waals surface area contributed by atoms with Crippen molar-refractivity contribution in [1.29, 1.82) is 0 Å². The fourth-order valence-corrected chi connectivity index (χ4v) is 4.01. The van der Waals surface area contributed by atoms with E-state index in [1.165, 1.54) is 12.1 Å². The van der Waals surface area contributed by atoms with Gasteiger partial charge in [0.1, 0.15) is 4.90 Å². The predicted octanol–water partition coefficient (Wildman–Crippen LogP) is 3.60. The summed E-state index contributed by atoms with van der Waals surface area (Å²) in [6.07, 6.45) is 0. The monoisotopic (exact) mass is 380 g/mol. The maximum absolute atomic E-state index is 12.8. The molecular weight excluding hydrogens is 364 g/mol. The maximum Gasteiger partial charge on any atom is 0.265 e. The second-order valence-corrected chi connectivity index (χ2v) is 8.09. The minimum atomic E-state index is -3.94. The summed E-state index contributed by atoms with van der Waals surface area (Å²) in [5.41, 5.74) is 1.77. The number of nitrogens with one attached hydrogen (secondary N) is 2. The molecule has 2 aromatic rings. The highest BCUT2D eigenvalue weighted by Gasteiger charge is 2.27. The molecule has 1 amide bonds. The summed E-state index contributed by atoms with van der Waals surface area (Å²) in [5, 5.41) is 2.74. The lowest BCUT2D eigenvalue weighted by molar-refractivity contribution is -0.118. The van der Waals surface area contributed by atoms with E-state index in [2.05, 4.69) is 23.9 Å². The van der Waals surface area contributed by atoms with Crippen LogP contribution in [0.5, 0.6) is 5.75 Å². The Balaban J connectivity index is 1.96. The molecule has 1 aliphatic rings. The van der Waals surface area contributed by atoms with Crippen LogP contribution in [0.15, 0.2) is 41.3 Å². The maximum atomic E-state index is 12.8. The molecular formula is C17H17ClN2O4S. The van der Waals surface area contributed by atoms with Crippen LogP contribution in [-0.4, -0.2) is 20.9 Å². The molecule has 0 spiro atoms. The zero-order valence-electron chi connectivity index (χ0n) is 13.7. The lowest BCUT2D eigenvalue weighted by Crippen LogP contribution is -2.27. The fraction of sp³-hybridized carbons (Fsp3) is 0.235. The summed E-state index contributed by atoms with van der Waals surface area (Å²) in [4.78, 5) is 11.3. The number of fused-ring (bicyclic) bond motifs is 1. The SMILES string of the molecule is CC(C)c1ccc(NS(=O)(=O)c2cc(Cl)cc3c2OCC(=O)N3)cc1.